The van der Waals surface area contributed by atoms with Crippen molar-refractivity contribution >= 4 is 33.2 Å². The van der Waals surface area contributed by atoms with E-state index in [0.29, 0.717) is 25.9 Å². The van der Waals surface area contributed by atoms with Crippen LogP contribution in [-0.4, -0.2) is 49.5 Å². The maximum atomic E-state index is 12.4. The lowest BCUT2D eigenvalue weighted by atomic mass is 10.0. The molecule has 8 nitrogen and oxygen atoms in total. The molecule has 0 aliphatic carbocycles. The fourth-order valence-corrected chi connectivity index (χ4v) is 3.56. The maximum absolute atomic E-state index is 12.4. The molecule has 10 heteroatoms. The number of likely N-dealkylation sites (tertiary alicyclic amines) is 1. The summed E-state index contributed by atoms with van der Waals surface area (Å²) < 4.78 is 24.9. The number of amides is 1. The third-order valence-corrected chi connectivity index (χ3v) is 4.63. The highest BCUT2D eigenvalue weighted by Gasteiger charge is 2.26. The first-order chi connectivity index (χ1) is 10.7. The van der Waals surface area contributed by atoms with Crippen molar-refractivity contribution in [1.29, 1.82) is 0 Å². The van der Waals surface area contributed by atoms with Crippen LogP contribution < -0.4 is 4.72 Å². The van der Waals surface area contributed by atoms with E-state index in [0.717, 1.165) is 12.3 Å². The molecule has 1 fully saturated rings. The number of carbonyl (C=O) groups excluding carboxylic acids is 1. The quantitative estimate of drug-likeness (QED) is 0.644. The van der Waals surface area contributed by atoms with E-state index in [2.05, 4.69) is 4.72 Å². The Balaban J connectivity index is 2.04. The normalized spacial score (nSPS) is 16.3. The number of rotatable bonds is 4. The molecule has 0 saturated carbocycles. The molecule has 1 aliphatic heterocycles. The van der Waals surface area contributed by atoms with Crippen LogP contribution >= 0.6 is 11.6 Å². The molecule has 0 radical (unpaired) electrons. The van der Waals surface area contributed by atoms with Gasteiger partial charge in [-0.2, -0.15) is 0 Å². The fourth-order valence-electron chi connectivity index (χ4n) is 2.46. The van der Waals surface area contributed by atoms with Crippen LogP contribution in [-0.2, 0) is 10.0 Å². The van der Waals surface area contributed by atoms with Gasteiger partial charge in [0.15, 0.2) is 0 Å². The van der Waals surface area contributed by atoms with Gasteiger partial charge in [-0.1, -0.05) is 11.6 Å². The number of non-ortho nitro benzene ring substituents is 1. The summed E-state index contributed by atoms with van der Waals surface area (Å²) in [5.41, 5.74) is 0.0226. The molecule has 1 aromatic carbocycles. The third kappa shape index (κ3) is 4.63. The number of nitrogens with zero attached hydrogens (tertiary/aromatic N) is 2. The van der Waals surface area contributed by atoms with E-state index >= 15 is 0 Å². The number of halogens is 1. The van der Waals surface area contributed by atoms with Crippen molar-refractivity contribution in [3.05, 3.63) is 38.9 Å². The Bertz CT molecular complexity index is 729. The maximum Gasteiger partial charge on any atom is 0.270 e. The zero-order chi connectivity index (χ0) is 17.2. The van der Waals surface area contributed by atoms with Crippen LogP contribution in [0, 0.1) is 10.1 Å². The van der Waals surface area contributed by atoms with Crippen LogP contribution in [0.3, 0.4) is 0 Å². The van der Waals surface area contributed by atoms with Crippen LogP contribution in [0.25, 0.3) is 0 Å². The first-order valence-corrected chi connectivity index (χ1v) is 9.15. The van der Waals surface area contributed by atoms with E-state index in [9.17, 15) is 23.3 Å². The topological polar surface area (TPSA) is 110 Å². The number of carbonyl (C=O) groups is 1. The molecule has 0 aromatic heterocycles. The van der Waals surface area contributed by atoms with Crippen molar-refractivity contribution in [1.82, 2.24) is 9.62 Å². The van der Waals surface area contributed by atoms with Gasteiger partial charge >= 0.3 is 0 Å². The van der Waals surface area contributed by atoms with Crippen LogP contribution in [0.1, 0.15) is 23.2 Å². The average Bonchev–Trinajstić information content (AvgIpc) is 2.45. The summed E-state index contributed by atoms with van der Waals surface area (Å²) in [6.07, 6.45) is 2.11. The zero-order valence-corrected chi connectivity index (χ0v) is 13.9. The number of benzene rings is 1. The number of hydrogen-bond acceptors (Lipinski definition) is 5. The highest BCUT2D eigenvalue weighted by atomic mass is 35.5. The summed E-state index contributed by atoms with van der Waals surface area (Å²) in [6.45, 7) is 0.776. The monoisotopic (exact) mass is 361 g/mol. The van der Waals surface area contributed by atoms with Gasteiger partial charge in [0, 0.05) is 31.3 Å². The molecule has 1 saturated heterocycles. The van der Waals surface area contributed by atoms with Gasteiger partial charge in [0.2, 0.25) is 10.0 Å². The Kier molecular flexibility index (Phi) is 5.23. The number of hydrogen-bond donors (Lipinski definition) is 1. The highest BCUT2D eigenvalue weighted by molar-refractivity contribution is 7.88. The average molecular weight is 362 g/mol. The van der Waals surface area contributed by atoms with Crippen molar-refractivity contribution in [2.75, 3.05) is 19.3 Å². The summed E-state index contributed by atoms with van der Waals surface area (Å²) in [4.78, 5) is 24.1. The lowest BCUT2D eigenvalue weighted by Crippen LogP contribution is -2.46. The summed E-state index contributed by atoms with van der Waals surface area (Å²) in [7, 11) is -3.27. The summed E-state index contributed by atoms with van der Waals surface area (Å²) in [5, 5.41) is 10.7. The molecule has 0 unspecified atom stereocenters. The van der Waals surface area contributed by atoms with Gasteiger partial charge < -0.3 is 4.90 Å². The van der Waals surface area contributed by atoms with Crippen molar-refractivity contribution < 1.29 is 18.1 Å². The molecule has 126 valence electrons. The van der Waals surface area contributed by atoms with Crippen molar-refractivity contribution in [3.63, 3.8) is 0 Å². The minimum atomic E-state index is -3.27. The smallest absolute Gasteiger partial charge is 0.270 e. The largest absolute Gasteiger partial charge is 0.338 e. The molecule has 1 heterocycles. The van der Waals surface area contributed by atoms with Crippen molar-refractivity contribution in [3.8, 4) is 0 Å². The molecule has 23 heavy (non-hydrogen) atoms. The van der Waals surface area contributed by atoms with Crippen LogP contribution in [0.4, 0.5) is 5.69 Å². The number of sulfonamides is 1. The molecule has 1 amide bonds. The van der Waals surface area contributed by atoms with Crippen LogP contribution in [0.2, 0.25) is 5.02 Å². The molecule has 0 spiro atoms. The van der Waals surface area contributed by atoms with Gasteiger partial charge in [0.05, 0.1) is 21.8 Å². The predicted molar refractivity (Wildman–Crippen MR) is 85.0 cm³/mol. The second-order valence-corrected chi connectivity index (χ2v) is 7.56. The van der Waals surface area contributed by atoms with Gasteiger partial charge in [0.25, 0.3) is 11.6 Å². The van der Waals surface area contributed by atoms with E-state index in [1.807, 2.05) is 0 Å². The first kappa shape index (κ1) is 17.6. The number of piperidine rings is 1. The van der Waals surface area contributed by atoms with E-state index in [1.54, 1.807) is 4.90 Å². The molecule has 1 aliphatic rings. The Morgan fingerprint density at radius 3 is 2.48 bits per heavy atom. The zero-order valence-electron chi connectivity index (χ0n) is 12.4. The molecule has 0 atom stereocenters. The SMILES string of the molecule is CS(=O)(=O)NC1CCN(C(=O)c2ccc([N+](=O)[O-])cc2Cl)CC1. The third-order valence-electron chi connectivity index (χ3n) is 3.56. The molecule has 1 aromatic rings. The van der Waals surface area contributed by atoms with Crippen LogP contribution in [0.5, 0.6) is 0 Å². The molecular weight excluding hydrogens is 346 g/mol. The van der Waals surface area contributed by atoms with Gasteiger partial charge in [-0.15, -0.1) is 0 Å². The van der Waals surface area contributed by atoms with E-state index in [1.165, 1.54) is 12.1 Å². The molecule has 2 rings (SSSR count). The Hall–Kier alpha value is -1.71. The van der Waals surface area contributed by atoms with E-state index < -0.39 is 14.9 Å². The summed E-state index contributed by atoms with van der Waals surface area (Å²) in [6, 6.07) is 3.52. The summed E-state index contributed by atoms with van der Waals surface area (Å²) in [5.74, 6) is -0.317. The fraction of sp³-hybridized carbons (Fsp3) is 0.462. The van der Waals surface area contributed by atoms with Gasteiger partial charge in [0.1, 0.15) is 0 Å². The van der Waals surface area contributed by atoms with Gasteiger partial charge in [-0.05, 0) is 18.9 Å². The second kappa shape index (κ2) is 6.81. The lowest BCUT2D eigenvalue weighted by molar-refractivity contribution is -0.384. The van der Waals surface area contributed by atoms with Crippen LogP contribution in [0.15, 0.2) is 18.2 Å². The van der Waals surface area contributed by atoms with Gasteiger partial charge in [-0.3, -0.25) is 14.9 Å². The lowest BCUT2D eigenvalue weighted by Gasteiger charge is -2.32. The minimum Gasteiger partial charge on any atom is -0.338 e. The Morgan fingerprint density at radius 1 is 1.39 bits per heavy atom. The van der Waals surface area contributed by atoms with E-state index in [-0.39, 0.29) is 28.2 Å². The predicted octanol–water partition coefficient (Wildman–Crippen LogP) is 1.40. The minimum absolute atomic E-state index is 0.0283. The molecular formula is C13H16ClN3O5S. The van der Waals surface area contributed by atoms with Crippen molar-refractivity contribution in [2.24, 2.45) is 0 Å². The van der Waals surface area contributed by atoms with Gasteiger partial charge in [-0.25, -0.2) is 13.1 Å². The number of nitro groups is 1. The molecule has 0 bridgehead atoms. The Morgan fingerprint density at radius 2 is 2.00 bits per heavy atom. The van der Waals surface area contributed by atoms with Crippen molar-refractivity contribution in [2.45, 2.75) is 18.9 Å². The summed E-state index contributed by atoms with van der Waals surface area (Å²) >= 11 is 5.96. The second-order valence-electron chi connectivity index (χ2n) is 5.38. The number of nitro benzene ring substituents is 1. The van der Waals surface area contributed by atoms with E-state index in [4.69, 9.17) is 11.6 Å². The first-order valence-electron chi connectivity index (χ1n) is 6.88. The molecule has 1 N–H and O–H groups in total. The number of nitrogens with one attached hydrogen (secondary N) is 1. The standard InChI is InChI=1S/C13H16ClN3O5S/c1-23(21,22)15-9-4-6-16(7-5-9)13(18)11-3-2-10(17(19)20)8-12(11)14/h2-3,8-9,15H,4-7H2,1H3. The highest BCUT2D eigenvalue weighted by Crippen LogP contribution is 2.25. The Labute approximate surface area is 138 Å².